The highest BCUT2D eigenvalue weighted by Crippen LogP contribution is 2.41. The lowest BCUT2D eigenvalue weighted by atomic mass is 9.95. The lowest BCUT2D eigenvalue weighted by molar-refractivity contribution is -0.914. The first-order valence-electron chi connectivity index (χ1n) is 14.5. The minimum absolute atomic E-state index is 0.259. The molecule has 0 bridgehead atoms. The number of aromatic nitrogens is 2. The lowest BCUT2D eigenvalue weighted by Crippen LogP contribution is -3.13. The Morgan fingerprint density at radius 2 is 1.83 bits per heavy atom. The Bertz CT molecular complexity index is 1600. The summed E-state index contributed by atoms with van der Waals surface area (Å²) < 4.78 is 16.5. The molecule has 2 aromatic heterocycles. The molecule has 2 aromatic carbocycles. The molecule has 9 nitrogen and oxygen atoms in total. The van der Waals surface area contributed by atoms with Crippen LogP contribution in [0.4, 0.5) is 16.6 Å². The van der Waals surface area contributed by atoms with Gasteiger partial charge in [-0.3, -0.25) is 0 Å². The molecule has 1 fully saturated rings. The van der Waals surface area contributed by atoms with E-state index < -0.39 is 0 Å². The monoisotopic (exact) mass is 572 g/mol. The molecule has 1 aliphatic carbocycles. The van der Waals surface area contributed by atoms with Gasteiger partial charge in [0.15, 0.2) is 23.1 Å². The van der Waals surface area contributed by atoms with Gasteiger partial charge in [-0.2, -0.15) is 0 Å². The van der Waals surface area contributed by atoms with Gasteiger partial charge in [-0.15, -0.1) is 11.3 Å². The van der Waals surface area contributed by atoms with E-state index in [-0.39, 0.29) is 5.97 Å². The number of anilines is 3. The third-order valence-corrected chi connectivity index (χ3v) is 9.30. The van der Waals surface area contributed by atoms with Crippen molar-refractivity contribution in [3.63, 3.8) is 0 Å². The number of carbonyl (C=O) groups excluding carboxylic acids is 1. The number of quaternary nitrogens is 1. The van der Waals surface area contributed by atoms with Crippen molar-refractivity contribution in [2.45, 2.75) is 39.2 Å². The zero-order valence-corrected chi connectivity index (χ0v) is 24.0. The number of fused-ring (bicyclic) bond motifs is 3. The predicted molar refractivity (Wildman–Crippen MR) is 159 cm³/mol. The third-order valence-electron chi connectivity index (χ3n) is 8.10. The highest BCUT2D eigenvalue weighted by atomic mass is 32.1. The molecule has 2 aliphatic heterocycles. The standard InChI is InChI=1S/C31H33N5O4S/c1-2-38-31(37)27-21-7-3-6-10-26(21)41-30(27)34-28-29(33-23-9-5-4-8-22(23)32-28)36-15-13-35(14-16-36)18-20-11-12-24-25(17-20)40-19-39-24/h4-5,8-9,11-12,17H,2-3,6-7,10,13-16,18-19H2,1H3,(H,32,34)/p+1. The summed E-state index contributed by atoms with van der Waals surface area (Å²) in [6.07, 6.45) is 4.15. The van der Waals surface area contributed by atoms with E-state index in [4.69, 9.17) is 24.2 Å². The Labute approximate surface area is 243 Å². The van der Waals surface area contributed by atoms with Crippen LogP contribution in [-0.4, -0.2) is 55.5 Å². The van der Waals surface area contributed by atoms with E-state index in [0.717, 1.165) is 97.3 Å². The fourth-order valence-electron chi connectivity index (χ4n) is 6.03. The summed E-state index contributed by atoms with van der Waals surface area (Å²) in [7, 11) is 0. The molecule has 4 aromatic rings. The van der Waals surface area contributed by atoms with Crippen molar-refractivity contribution in [3.05, 3.63) is 64.0 Å². The second-order valence-electron chi connectivity index (χ2n) is 10.7. The van der Waals surface area contributed by atoms with E-state index in [9.17, 15) is 4.79 Å². The summed E-state index contributed by atoms with van der Waals surface area (Å²) in [6, 6.07) is 14.2. The molecule has 10 heteroatoms. The van der Waals surface area contributed by atoms with E-state index in [1.807, 2.05) is 37.3 Å². The average Bonchev–Trinajstić information content (AvgIpc) is 3.61. The molecule has 2 N–H and O–H groups in total. The van der Waals surface area contributed by atoms with E-state index in [1.165, 1.54) is 15.3 Å². The third kappa shape index (κ3) is 5.17. The number of rotatable bonds is 7. The number of ether oxygens (including phenoxy) is 3. The van der Waals surface area contributed by atoms with E-state index in [1.54, 1.807) is 11.3 Å². The van der Waals surface area contributed by atoms with Crippen LogP contribution in [0, 0.1) is 0 Å². The van der Waals surface area contributed by atoms with Crippen LogP contribution in [0.5, 0.6) is 11.5 Å². The zero-order valence-electron chi connectivity index (χ0n) is 23.2. The SMILES string of the molecule is CCOC(=O)c1c(Nc2nc3ccccc3nc2N2CC[NH+](Cc3ccc4c(c3)OCO4)CC2)sc2c1CCCC2. The van der Waals surface area contributed by atoms with Crippen molar-refractivity contribution < 1.29 is 23.9 Å². The number of para-hydroxylation sites is 2. The number of esters is 1. The number of aryl methyl sites for hydroxylation is 1. The van der Waals surface area contributed by atoms with Crippen molar-refractivity contribution in [2.24, 2.45) is 0 Å². The summed E-state index contributed by atoms with van der Waals surface area (Å²) in [4.78, 5) is 28.3. The first kappa shape index (κ1) is 26.0. The van der Waals surface area contributed by atoms with Gasteiger partial charge in [-0.05, 0) is 68.5 Å². The second kappa shape index (κ2) is 11.2. The minimum atomic E-state index is -0.259. The summed E-state index contributed by atoms with van der Waals surface area (Å²) in [6.45, 7) is 7.09. The first-order chi connectivity index (χ1) is 20.2. The number of nitrogens with zero attached hydrogens (tertiary/aromatic N) is 3. The van der Waals surface area contributed by atoms with Crippen molar-refractivity contribution in [2.75, 3.05) is 49.8 Å². The van der Waals surface area contributed by atoms with Crippen LogP contribution in [0.25, 0.3) is 11.0 Å². The summed E-state index contributed by atoms with van der Waals surface area (Å²) in [5.41, 5.74) is 4.74. The molecule has 0 amide bonds. The number of benzene rings is 2. The van der Waals surface area contributed by atoms with E-state index in [2.05, 4.69) is 22.3 Å². The summed E-state index contributed by atoms with van der Waals surface area (Å²) in [5.74, 6) is 2.91. The van der Waals surface area contributed by atoms with Crippen LogP contribution < -0.4 is 24.6 Å². The maximum atomic E-state index is 13.1. The van der Waals surface area contributed by atoms with Crippen molar-refractivity contribution >= 4 is 45.0 Å². The number of piperazine rings is 1. The molecule has 41 heavy (non-hydrogen) atoms. The van der Waals surface area contributed by atoms with Crippen LogP contribution in [0.1, 0.15) is 46.1 Å². The predicted octanol–water partition coefficient (Wildman–Crippen LogP) is 4.12. The molecule has 212 valence electrons. The minimum Gasteiger partial charge on any atom is -0.462 e. The zero-order chi connectivity index (χ0) is 27.8. The van der Waals surface area contributed by atoms with E-state index in [0.29, 0.717) is 24.8 Å². The highest BCUT2D eigenvalue weighted by molar-refractivity contribution is 7.16. The average molecular weight is 573 g/mol. The van der Waals surface area contributed by atoms with Crippen LogP contribution in [0.15, 0.2) is 42.5 Å². The Morgan fingerprint density at radius 1 is 1.05 bits per heavy atom. The molecular formula is C31H34N5O4S+. The van der Waals surface area contributed by atoms with Gasteiger partial charge in [0.25, 0.3) is 0 Å². The first-order valence-corrected chi connectivity index (χ1v) is 15.3. The largest absolute Gasteiger partial charge is 0.462 e. The number of hydrogen-bond acceptors (Lipinski definition) is 9. The van der Waals surface area contributed by atoms with Gasteiger partial charge < -0.3 is 29.3 Å². The van der Waals surface area contributed by atoms with Gasteiger partial charge in [0.2, 0.25) is 6.79 Å². The quantitative estimate of drug-likeness (QED) is 0.320. The molecule has 7 rings (SSSR count). The Morgan fingerprint density at radius 3 is 2.66 bits per heavy atom. The van der Waals surface area contributed by atoms with Crippen LogP contribution >= 0.6 is 11.3 Å². The number of nitrogens with one attached hydrogen (secondary N) is 2. The highest BCUT2D eigenvalue weighted by Gasteiger charge is 2.29. The van der Waals surface area contributed by atoms with Crippen molar-refractivity contribution in [1.82, 2.24) is 9.97 Å². The molecule has 4 heterocycles. The maximum absolute atomic E-state index is 13.1. The second-order valence-corrected chi connectivity index (χ2v) is 11.9. The normalized spacial score (nSPS) is 16.6. The number of carbonyl (C=O) groups is 1. The van der Waals surface area contributed by atoms with Gasteiger partial charge in [0.05, 0.1) is 49.4 Å². The number of thiophene rings is 1. The van der Waals surface area contributed by atoms with Crippen molar-refractivity contribution in [1.29, 1.82) is 0 Å². The van der Waals surface area contributed by atoms with Crippen LogP contribution in [-0.2, 0) is 24.1 Å². The molecular weight excluding hydrogens is 538 g/mol. The molecule has 0 atom stereocenters. The maximum Gasteiger partial charge on any atom is 0.341 e. The van der Waals surface area contributed by atoms with Gasteiger partial charge in [-0.25, -0.2) is 14.8 Å². The fourth-order valence-corrected chi connectivity index (χ4v) is 7.30. The molecule has 0 spiro atoms. The number of hydrogen-bond donors (Lipinski definition) is 2. The van der Waals surface area contributed by atoms with Crippen molar-refractivity contribution in [3.8, 4) is 11.5 Å². The molecule has 0 saturated carbocycles. The van der Waals surface area contributed by atoms with Gasteiger partial charge in [0.1, 0.15) is 11.5 Å². The molecule has 1 saturated heterocycles. The molecule has 0 unspecified atom stereocenters. The van der Waals surface area contributed by atoms with E-state index >= 15 is 0 Å². The van der Waals surface area contributed by atoms with Gasteiger partial charge in [0, 0.05) is 10.4 Å². The Balaban J connectivity index is 1.16. The molecule has 3 aliphatic rings. The van der Waals surface area contributed by atoms with Crippen LogP contribution in [0.2, 0.25) is 0 Å². The molecule has 0 radical (unpaired) electrons. The smallest absolute Gasteiger partial charge is 0.341 e. The summed E-state index contributed by atoms with van der Waals surface area (Å²) >= 11 is 1.66. The fraction of sp³-hybridized carbons (Fsp3) is 0.387. The summed E-state index contributed by atoms with van der Waals surface area (Å²) in [5, 5.41) is 4.39. The van der Waals surface area contributed by atoms with Crippen LogP contribution in [0.3, 0.4) is 0 Å². The lowest BCUT2D eigenvalue weighted by Gasteiger charge is -2.33. The Hall–Kier alpha value is -3.89. The Kier molecular flexibility index (Phi) is 7.10. The topological polar surface area (TPSA) is 90.2 Å². The van der Waals surface area contributed by atoms with Gasteiger partial charge >= 0.3 is 5.97 Å². The van der Waals surface area contributed by atoms with Gasteiger partial charge in [-0.1, -0.05) is 12.1 Å².